The Labute approximate surface area is 135 Å². The maximum absolute atomic E-state index is 12.2. The van der Waals surface area contributed by atoms with E-state index in [1.807, 2.05) is 66.7 Å². The van der Waals surface area contributed by atoms with Crippen LogP contribution in [0.5, 0.6) is 0 Å². The highest BCUT2D eigenvalue weighted by Crippen LogP contribution is 2.23. The molecule has 3 nitrogen and oxygen atoms in total. The van der Waals surface area contributed by atoms with Crippen molar-refractivity contribution in [3.63, 3.8) is 0 Å². The first-order valence-electron chi connectivity index (χ1n) is 7.43. The van der Waals surface area contributed by atoms with Crippen LogP contribution in [-0.2, 0) is 6.61 Å². The molecule has 0 heterocycles. The summed E-state index contributed by atoms with van der Waals surface area (Å²) in [7, 11) is 0. The number of rotatable bonds is 4. The molecule has 3 heteroatoms. The van der Waals surface area contributed by atoms with Crippen LogP contribution >= 0.6 is 0 Å². The number of nitrogens with one attached hydrogen (secondary N) is 1. The molecule has 0 aliphatic rings. The zero-order chi connectivity index (χ0) is 16.1. The number of amides is 1. The fourth-order valence-electron chi connectivity index (χ4n) is 2.37. The summed E-state index contributed by atoms with van der Waals surface area (Å²) < 4.78 is 0. The quantitative estimate of drug-likeness (QED) is 0.762. The molecule has 114 valence electrons. The van der Waals surface area contributed by atoms with Crippen LogP contribution in [0.15, 0.2) is 78.9 Å². The Balaban J connectivity index is 1.80. The van der Waals surface area contributed by atoms with Crippen LogP contribution in [0.1, 0.15) is 15.9 Å². The van der Waals surface area contributed by atoms with Crippen LogP contribution < -0.4 is 5.32 Å². The highest BCUT2D eigenvalue weighted by atomic mass is 16.3. The Morgan fingerprint density at radius 1 is 0.826 bits per heavy atom. The second kappa shape index (κ2) is 6.90. The zero-order valence-electron chi connectivity index (χ0n) is 12.6. The zero-order valence-corrected chi connectivity index (χ0v) is 12.6. The number of aliphatic hydroxyl groups excluding tert-OH is 1. The molecule has 3 aromatic rings. The van der Waals surface area contributed by atoms with Crippen molar-refractivity contribution in [1.82, 2.24) is 0 Å². The Kier molecular flexibility index (Phi) is 4.50. The van der Waals surface area contributed by atoms with E-state index in [1.165, 1.54) is 0 Å². The van der Waals surface area contributed by atoms with E-state index in [0.717, 1.165) is 22.4 Å². The molecule has 0 saturated carbocycles. The molecule has 0 aliphatic heterocycles. The van der Waals surface area contributed by atoms with E-state index >= 15 is 0 Å². The number of benzene rings is 3. The predicted molar refractivity (Wildman–Crippen MR) is 92.2 cm³/mol. The lowest BCUT2D eigenvalue weighted by molar-refractivity contribution is 0.102. The van der Waals surface area contributed by atoms with Crippen LogP contribution in [0.2, 0.25) is 0 Å². The first-order valence-corrected chi connectivity index (χ1v) is 7.43. The number of carbonyl (C=O) groups is 1. The number of anilines is 1. The minimum absolute atomic E-state index is 0.0352. The number of aliphatic hydroxyl groups is 1. The molecule has 23 heavy (non-hydrogen) atoms. The van der Waals surface area contributed by atoms with E-state index in [-0.39, 0.29) is 12.5 Å². The molecule has 0 unspecified atom stereocenters. The summed E-state index contributed by atoms with van der Waals surface area (Å²) in [6.45, 7) is 0.0352. The molecule has 3 rings (SSSR count). The van der Waals surface area contributed by atoms with E-state index < -0.39 is 0 Å². The molecule has 0 atom stereocenters. The van der Waals surface area contributed by atoms with Crippen molar-refractivity contribution in [3.8, 4) is 11.1 Å². The molecule has 0 saturated heterocycles. The molecule has 1 amide bonds. The number of hydrogen-bond acceptors (Lipinski definition) is 2. The molecular weight excluding hydrogens is 286 g/mol. The Bertz CT molecular complexity index is 795. The van der Waals surface area contributed by atoms with E-state index in [9.17, 15) is 4.79 Å². The predicted octanol–water partition coefficient (Wildman–Crippen LogP) is 4.10. The van der Waals surface area contributed by atoms with Gasteiger partial charge in [-0.15, -0.1) is 0 Å². The van der Waals surface area contributed by atoms with Gasteiger partial charge >= 0.3 is 0 Å². The SMILES string of the molecule is O=C(Nc1cccc(-c2ccc(CO)cc2)c1)c1ccccc1. The molecule has 2 N–H and O–H groups in total. The first-order chi connectivity index (χ1) is 11.3. The van der Waals surface area contributed by atoms with Crippen molar-refractivity contribution in [2.75, 3.05) is 5.32 Å². The fraction of sp³-hybridized carbons (Fsp3) is 0.0500. The standard InChI is InChI=1S/C20H17NO2/c22-14-15-9-11-16(12-10-15)18-7-4-8-19(13-18)21-20(23)17-5-2-1-3-6-17/h1-13,22H,14H2,(H,21,23). The van der Waals surface area contributed by atoms with Gasteiger partial charge in [0, 0.05) is 11.3 Å². The fourth-order valence-corrected chi connectivity index (χ4v) is 2.37. The summed E-state index contributed by atoms with van der Waals surface area (Å²) in [4.78, 5) is 12.2. The molecule has 0 spiro atoms. The van der Waals surface area contributed by atoms with Gasteiger partial charge in [0.1, 0.15) is 0 Å². The average Bonchev–Trinajstić information content (AvgIpc) is 2.63. The summed E-state index contributed by atoms with van der Waals surface area (Å²) in [5.41, 5.74) is 4.31. The van der Waals surface area contributed by atoms with Crippen molar-refractivity contribution < 1.29 is 9.90 Å². The third-order valence-corrected chi connectivity index (χ3v) is 3.63. The van der Waals surface area contributed by atoms with Crippen LogP contribution in [0, 0.1) is 0 Å². The number of hydrogen-bond donors (Lipinski definition) is 2. The molecular formula is C20H17NO2. The Morgan fingerprint density at radius 3 is 2.26 bits per heavy atom. The van der Waals surface area contributed by atoms with Gasteiger partial charge < -0.3 is 10.4 Å². The maximum Gasteiger partial charge on any atom is 0.255 e. The van der Waals surface area contributed by atoms with Crippen LogP contribution in [0.3, 0.4) is 0 Å². The molecule has 0 aromatic heterocycles. The smallest absolute Gasteiger partial charge is 0.255 e. The van der Waals surface area contributed by atoms with Crippen molar-refractivity contribution >= 4 is 11.6 Å². The summed E-state index contributed by atoms with van der Waals surface area (Å²) in [6, 6.07) is 24.6. The Hall–Kier alpha value is -2.91. The molecule has 0 radical (unpaired) electrons. The second-order valence-corrected chi connectivity index (χ2v) is 5.26. The first kappa shape index (κ1) is 15.0. The van der Waals surface area contributed by atoms with Gasteiger partial charge in [0.05, 0.1) is 6.61 Å². The second-order valence-electron chi connectivity index (χ2n) is 5.26. The van der Waals surface area contributed by atoms with Crippen molar-refractivity contribution in [1.29, 1.82) is 0 Å². The minimum Gasteiger partial charge on any atom is -0.392 e. The minimum atomic E-state index is -0.127. The van der Waals surface area contributed by atoms with Gasteiger partial charge in [-0.1, -0.05) is 54.6 Å². The molecule has 0 aliphatic carbocycles. The topological polar surface area (TPSA) is 49.3 Å². The molecule has 0 fully saturated rings. The lowest BCUT2D eigenvalue weighted by Crippen LogP contribution is -2.11. The highest BCUT2D eigenvalue weighted by molar-refractivity contribution is 6.04. The van der Waals surface area contributed by atoms with Gasteiger partial charge in [0.2, 0.25) is 0 Å². The highest BCUT2D eigenvalue weighted by Gasteiger charge is 2.06. The third-order valence-electron chi connectivity index (χ3n) is 3.63. The maximum atomic E-state index is 12.2. The van der Waals surface area contributed by atoms with Crippen molar-refractivity contribution in [2.45, 2.75) is 6.61 Å². The normalized spacial score (nSPS) is 10.3. The van der Waals surface area contributed by atoms with Crippen LogP contribution in [-0.4, -0.2) is 11.0 Å². The number of carbonyl (C=O) groups excluding carboxylic acids is 1. The van der Waals surface area contributed by atoms with E-state index in [2.05, 4.69) is 5.32 Å². The summed E-state index contributed by atoms with van der Waals surface area (Å²) in [6.07, 6.45) is 0. The molecule has 3 aromatic carbocycles. The van der Waals surface area contributed by atoms with Crippen LogP contribution in [0.4, 0.5) is 5.69 Å². The van der Waals surface area contributed by atoms with Gasteiger partial charge in [-0.3, -0.25) is 4.79 Å². The van der Waals surface area contributed by atoms with Gasteiger partial charge in [-0.2, -0.15) is 0 Å². The van der Waals surface area contributed by atoms with E-state index in [4.69, 9.17) is 5.11 Å². The van der Waals surface area contributed by atoms with E-state index in [0.29, 0.717) is 5.56 Å². The summed E-state index contributed by atoms with van der Waals surface area (Å²) in [5.74, 6) is -0.127. The third kappa shape index (κ3) is 3.65. The van der Waals surface area contributed by atoms with Gasteiger partial charge in [0.25, 0.3) is 5.91 Å². The summed E-state index contributed by atoms with van der Waals surface area (Å²) in [5, 5.41) is 12.0. The monoisotopic (exact) mass is 303 g/mol. The lowest BCUT2D eigenvalue weighted by atomic mass is 10.0. The summed E-state index contributed by atoms with van der Waals surface area (Å²) >= 11 is 0. The van der Waals surface area contributed by atoms with Crippen molar-refractivity contribution in [3.05, 3.63) is 90.0 Å². The van der Waals surface area contributed by atoms with E-state index in [1.54, 1.807) is 12.1 Å². The Morgan fingerprint density at radius 2 is 1.57 bits per heavy atom. The van der Waals surface area contributed by atoms with Crippen LogP contribution in [0.25, 0.3) is 11.1 Å². The molecule has 0 bridgehead atoms. The van der Waals surface area contributed by atoms with Gasteiger partial charge in [-0.25, -0.2) is 0 Å². The van der Waals surface area contributed by atoms with Crippen molar-refractivity contribution in [2.24, 2.45) is 0 Å². The van der Waals surface area contributed by atoms with Gasteiger partial charge in [-0.05, 0) is 41.0 Å². The lowest BCUT2D eigenvalue weighted by Gasteiger charge is -2.08. The largest absolute Gasteiger partial charge is 0.392 e. The van der Waals surface area contributed by atoms with Gasteiger partial charge in [0.15, 0.2) is 0 Å². The average molecular weight is 303 g/mol.